The van der Waals surface area contributed by atoms with E-state index in [1.54, 1.807) is 12.4 Å². The van der Waals surface area contributed by atoms with E-state index in [2.05, 4.69) is 33.0 Å². The second-order valence-corrected chi connectivity index (χ2v) is 5.19. The van der Waals surface area contributed by atoms with Crippen molar-refractivity contribution < 1.29 is 9.18 Å². The van der Waals surface area contributed by atoms with Gasteiger partial charge in [-0.1, -0.05) is 11.6 Å². The van der Waals surface area contributed by atoms with E-state index in [0.717, 1.165) is 3.57 Å². The van der Waals surface area contributed by atoms with Crippen molar-refractivity contribution in [3.8, 4) is 0 Å². The average molecular weight is 380 g/mol. The summed E-state index contributed by atoms with van der Waals surface area (Å²) in [6, 6.07) is 4.02. The molecular weight excluding hydrogens is 371 g/mol. The highest BCUT2D eigenvalue weighted by molar-refractivity contribution is 14.1. The third kappa shape index (κ3) is 3.42. The maximum Gasteiger partial charge on any atom is 0.246 e. The van der Waals surface area contributed by atoms with Gasteiger partial charge >= 0.3 is 0 Å². The highest BCUT2D eigenvalue weighted by atomic mass is 127. The van der Waals surface area contributed by atoms with Crippen LogP contribution in [-0.2, 0) is 11.3 Å². The Labute approximate surface area is 121 Å². The Morgan fingerprint density at radius 1 is 1.56 bits per heavy atom. The number of rotatable bonds is 3. The molecule has 1 aromatic carbocycles. The zero-order chi connectivity index (χ0) is 13.1. The van der Waals surface area contributed by atoms with E-state index in [-0.39, 0.29) is 17.5 Å². The number of anilines is 1. The van der Waals surface area contributed by atoms with Crippen LogP contribution in [0.4, 0.5) is 10.1 Å². The lowest BCUT2D eigenvalue weighted by Gasteiger charge is -2.06. The van der Waals surface area contributed by atoms with Crippen molar-refractivity contribution in [2.24, 2.45) is 0 Å². The second-order valence-electron chi connectivity index (χ2n) is 3.53. The molecule has 18 heavy (non-hydrogen) atoms. The summed E-state index contributed by atoms with van der Waals surface area (Å²) in [5, 5.41) is 6.58. The van der Waals surface area contributed by atoms with Crippen molar-refractivity contribution in [2.75, 3.05) is 5.32 Å². The summed E-state index contributed by atoms with van der Waals surface area (Å²) in [7, 11) is 0. The SMILES string of the molecule is O=C(Cn1cc(I)cn1)Nc1ccc(F)c(Cl)c1. The maximum atomic E-state index is 12.9. The number of aromatic nitrogens is 2. The van der Waals surface area contributed by atoms with E-state index in [4.69, 9.17) is 11.6 Å². The molecule has 2 rings (SSSR count). The number of nitrogens with zero attached hydrogens (tertiary/aromatic N) is 2. The molecule has 4 nitrogen and oxygen atoms in total. The predicted octanol–water partition coefficient (Wildman–Crippen LogP) is 2.92. The van der Waals surface area contributed by atoms with Gasteiger partial charge in [0.05, 0.1) is 14.8 Å². The number of hydrogen-bond donors (Lipinski definition) is 1. The number of carbonyl (C=O) groups excluding carboxylic acids is 1. The minimum absolute atomic E-state index is 0.0264. The Balaban J connectivity index is 2.00. The number of carbonyl (C=O) groups is 1. The highest BCUT2D eigenvalue weighted by Gasteiger charge is 2.06. The summed E-state index contributed by atoms with van der Waals surface area (Å²) in [6.07, 6.45) is 3.40. The molecule has 0 atom stereocenters. The number of amides is 1. The van der Waals surface area contributed by atoms with Crippen molar-refractivity contribution in [1.29, 1.82) is 0 Å². The zero-order valence-electron chi connectivity index (χ0n) is 9.03. The van der Waals surface area contributed by atoms with Crippen LogP contribution in [0.25, 0.3) is 0 Å². The van der Waals surface area contributed by atoms with Gasteiger partial charge in [0.25, 0.3) is 0 Å². The summed E-state index contributed by atoms with van der Waals surface area (Å²) in [5.74, 6) is -0.770. The van der Waals surface area contributed by atoms with Crippen LogP contribution in [0.5, 0.6) is 0 Å². The van der Waals surface area contributed by atoms with Crippen LogP contribution < -0.4 is 5.32 Å². The van der Waals surface area contributed by atoms with Gasteiger partial charge in [-0.3, -0.25) is 9.48 Å². The van der Waals surface area contributed by atoms with Gasteiger partial charge in [0.1, 0.15) is 12.4 Å². The van der Waals surface area contributed by atoms with Gasteiger partial charge in [0, 0.05) is 11.9 Å². The molecule has 0 radical (unpaired) electrons. The second kappa shape index (κ2) is 5.66. The molecule has 0 unspecified atom stereocenters. The van der Waals surface area contributed by atoms with Crippen LogP contribution in [-0.4, -0.2) is 15.7 Å². The molecule has 0 saturated carbocycles. The van der Waals surface area contributed by atoms with Crippen molar-refractivity contribution in [3.63, 3.8) is 0 Å². The maximum absolute atomic E-state index is 12.9. The molecule has 2 aromatic rings. The fourth-order valence-corrected chi connectivity index (χ4v) is 1.97. The van der Waals surface area contributed by atoms with Crippen LogP contribution in [0.3, 0.4) is 0 Å². The van der Waals surface area contributed by atoms with E-state index in [0.29, 0.717) is 5.69 Å². The predicted molar refractivity (Wildman–Crippen MR) is 75.0 cm³/mol. The van der Waals surface area contributed by atoms with E-state index in [9.17, 15) is 9.18 Å². The lowest BCUT2D eigenvalue weighted by molar-refractivity contribution is -0.116. The molecule has 0 fully saturated rings. The Bertz CT molecular complexity index is 587. The fourth-order valence-electron chi connectivity index (χ4n) is 1.35. The van der Waals surface area contributed by atoms with Crippen molar-refractivity contribution >= 4 is 45.8 Å². The van der Waals surface area contributed by atoms with Gasteiger partial charge in [-0.05, 0) is 40.8 Å². The normalized spacial score (nSPS) is 10.4. The minimum atomic E-state index is -0.517. The van der Waals surface area contributed by atoms with Crippen molar-refractivity contribution in [1.82, 2.24) is 9.78 Å². The van der Waals surface area contributed by atoms with E-state index in [1.165, 1.54) is 22.9 Å². The van der Waals surface area contributed by atoms with Crippen LogP contribution in [0.2, 0.25) is 5.02 Å². The first-order chi connectivity index (χ1) is 8.54. The Kier molecular flexibility index (Phi) is 4.18. The van der Waals surface area contributed by atoms with Crippen LogP contribution in [0, 0.1) is 9.39 Å². The number of benzene rings is 1. The molecule has 1 amide bonds. The smallest absolute Gasteiger partial charge is 0.246 e. The first kappa shape index (κ1) is 13.3. The quantitative estimate of drug-likeness (QED) is 0.834. The standard InChI is InChI=1S/C11H8ClFIN3O/c12-9-3-8(1-2-10(9)13)16-11(18)6-17-5-7(14)4-15-17/h1-5H,6H2,(H,16,18). The Hall–Kier alpha value is -1.15. The molecular formula is C11H8ClFIN3O. The number of nitrogens with one attached hydrogen (secondary N) is 1. The minimum Gasteiger partial charge on any atom is -0.324 e. The lowest BCUT2D eigenvalue weighted by atomic mass is 10.3. The molecule has 0 bridgehead atoms. The average Bonchev–Trinajstić information content (AvgIpc) is 2.69. The molecule has 1 N–H and O–H groups in total. The summed E-state index contributed by atoms with van der Waals surface area (Å²) >= 11 is 7.72. The first-order valence-corrected chi connectivity index (χ1v) is 6.43. The van der Waals surface area contributed by atoms with Crippen LogP contribution in [0.1, 0.15) is 0 Å². The summed E-state index contributed by atoms with van der Waals surface area (Å²) in [4.78, 5) is 11.7. The summed E-state index contributed by atoms with van der Waals surface area (Å²) in [5.41, 5.74) is 0.452. The highest BCUT2D eigenvalue weighted by Crippen LogP contribution is 2.19. The monoisotopic (exact) mass is 379 g/mol. The van der Waals surface area contributed by atoms with Gasteiger partial charge < -0.3 is 5.32 Å². The lowest BCUT2D eigenvalue weighted by Crippen LogP contribution is -2.19. The van der Waals surface area contributed by atoms with Gasteiger partial charge in [0.15, 0.2) is 0 Å². The zero-order valence-corrected chi connectivity index (χ0v) is 11.9. The molecule has 0 aliphatic heterocycles. The van der Waals surface area contributed by atoms with E-state index < -0.39 is 5.82 Å². The molecule has 0 aliphatic carbocycles. The van der Waals surface area contributed by atoms with Crippen LogP contribution in [0.15, 0.2) is 30.6 Å². The van der Waals surface area contributed by atoms with Crippen molar-refractivity contribution in [3.05, 3.63) is 45.0 Å². The third-order valence-electron chi connectivity index (χ3n) is 2.11. The largest absolute Gasteiger partial charge is 0.324 e. The van der Waals surface area contributed by atoms with Crippen molar-refractivity contribution in [2.45, 2.75) is 6.54 Å². The summed E-state index contributed by atoms with van der Waals surface area (Å²) < 4.78 is 15.4. The van der Waals surface area contributed by atoms with Gasteiger partial charge in [-0.25, -0.2) is 4.39 Å². The molecule has 7 heteroatoms. The van der Waals surface area contributed by atoms with E-state index in [1.807, 2.05) is 0 Å². The molecule has 0 spiro atoms. The third-order valence-corrected chi connectivity index (χ3v) is 2.96. The Morgan fingerprint density at radius 2 is 2.33 bits per heavy atom. The molecule has 0 saturated heterocycles. The van der Waals surface area contributed by atoms with Gasteiger partial charge in [0.2, 0.25) is 5.91 Å². The molecule has 1 heterocycles. The Morgan fingerprint density at radius 3 is 2.94 bits per heavy atom. The van der Waals surface area contributed by atoms with Crippen LogP contribution >= 0.6 is 34.2 Å². The number of hydrogen-bond acceptors (Lipinski definition) is 2. The first-order valence-electron chi connectivity index (χ1n) is 4.97. The molecule has 0 aliphatic rings. The topological polar surface area (TPSA) is 46.9 Å². The molecule has 94 valence electrons. The fraction of sp³-hybridized carbons (Fsp3) is 0.0909. The number of halogens is 3. The van der Waals surface area contributed by atoms with Gasteiger partial charge in [-0.15, -0.1) is 0 Å². The molecule has 1 aromatic heterocycles. The summed E-state index contributed by atoms with van der Waals surface area (Å²) in [6.45, 7) is 0.0952. The van der Waals surface area contributed by atoms with E-state index >= 15 is 0 Å². The van der Waals surface area contributed by atoms with Gasteiger partial charge in [-0.2, -0.15) is 5.10 Å².